The van der Waals surface area contributed by atoms with E-state index in [0.29, 0.717) is 23.4 Å². The molecule has 0 aliphatic carbocycles. The number of aromatic nitrogens is 8. The minimum atomic E-state index is -4.88. The third kappa shape index (κ3) is 3.73. The Morgan fingerprint density at radius 2 is 2.17 bits per heavy atom. The molecule has 1 atom stereocenters. The third-order valence-corrected chi connectivity index (χ3v) is 5.73. The molecule has 1 unspecified atom stereocenters. The Balaban J connectivity index is 1.40. The van der Waals surface area contributed by atoms with Crippen LogP contribution in [-0.4, -0.2) is 63.3 Å². The van der Waals surface area contributed by atoms with Gasteiger partial charge in [0.15, 0.2) is 5.75 Å². The van der Waals surface area contributed by atoms with Gasteiger partial charge in [0, 0.05) is 38.1 Å². The molecule has 6 heterocycles. The Bertz CT molecular complexity index is 1580. The molecule has 15 heteroatoms. The number of carbonyl (C=O) groups is 1. The fourth-order valence-corrected chi connectivity index (χ4v) is 4.23. The van der Waals surface area contributed by atoms with Crippen molar-refractivity contribution in [3.05, 3.63) is 66.1 Å². The highest BCUT2D eigenvalue weighted by Gasteiger charge is 2.39. The van der Waals surface area contributed by atoms with Crippen LogP contribution >= 0.6 is 0 Å². The van der Waals surface area contributed by atoms with Gasteiger partial charge in [-0.05, 0) is 18.2 Å². The highest BCUT2D eigenvalue weighted by molar-refractivity contribution is 5.90. The Kier molecular flexibility index (Phi) is 4.80. The summed E-state index contributed by atoms with van der Waals surface area (Å²) in [6, 6.07) is 3.19. The molecule has 5 aromatic rings. The van der Waals surface area contributed by atoms with Gasteiger partial charge >= 0.3 is 18.2 Å². The van der Waals surface area contributed by atoms with Gasteiger partial charge in [0.25, 0.3) is 5.89 Å². The van der Waals surface area contributed by atoms with Crippen LogP contribution in [0.1, 0.15) is 33.8 Å². The van der Waals surface area contributed by atoms with Crippen LogP contribution in [0, 0.1) is 0 Å². The monoisotopic (exact) mass is 499 g/mol. The molecule has 36 heavy (non-hydrogen) atoms. The first-order chi connectivity index (χ1) is 17.3. The van der Waals surface area contributed by atoms with Crippen molar-refractivity contribution in [1.29, 1.82) is 0 Å². The van der Waals surface area contributed by atoms with Crippen LogP contribution in [0.25, 0.3) is 17.0 Å². The molecule has 5 aromatic heterocycles. The molecule has 6 rings (SSSR count). The second-order valence-electron chi connectivity index (χ2n) is 8.05. The van der Waals surface area contributed by atoms with Gasteiger partial charge in [-0.2, -0.15) is 10.2 Å². The number of carbonyl (C=O) groups excluding carboxylic acids is 1. The standard InChI is InChI=1S/C21H16F3N9O3/c1-31-9-11(8-27-31)18-28-29-19(35-18)20(34)32-6-4-12-16(26-10-25-12)17(32)13-7-14-15(36-21(22,23)24)3-2-5-33(14)30-13/h2-3,5,7-10,17H,4,6H2,1H3,(H,25,26). The molecule has 0 spiro atoms. The molecule has 0 fully saturated rings. The van der Waals surface area contributed by atoms with E-state index in [-0.39, 0.29) is 23.8 Å². The van der Waals surface area contributed by atoms with Crippen LogP contribution in [0.15, 0.2) is 47.5 Å². The summed E-state index contributed by atoms with van der Waals surface area (Å²) in [5.74, 6) is -1.11. The second kappa shape index (κ2) is 7.93. The van der Waals surface area contributed by atoms with Crippen molar-refractivity contribution < 1.29 is 27.1 Å². The molecule has 0 saturated heterocycles. The van der Waals surface area contributed by atoms with Crippen molar-refractivity contribution in [2.75, 3.05) is 6.54 Å². The Morgan fingerprint density at radius 1 is 1.31 bits per heavy atom. The van der Waals surface area contributed by atoms with E-state index in [9.17, 15) is 18.0 Å². The van der Waals surface area contributed by atoms with Crippen molar-refractivity contribution in [2.45, 2.75) is 18.8 Å². The number of hydrogen-bond acceptors (Lipinski definition) is 8. The van der Waals surface area contributed by atoms with E-state index in [1.54, 1.807) is 17.9 Å². The number of aromatic amines is 1. The summed E-state index contributed by atoms with van der Waals surface area (Å²) in [5, 5.41) is 16.3. The third-order valence-electron chi connectivity index (χ3n) is 5.73. The number of alkyl halides is 3. The number of ether oxygens (including phenoxy) is 1. The molecule has 1 aliphatic rings. The molecule has 12 nitrogen and oxygen atoms in total. The number of amides is 1. The van der Waals surface area contributed by atoms with Gasteiger partial charge in [-0.15, -0.1) is 23.4 Å². The van der Waals surface area contributed by atoms with Gasteiger partial charge in [-0.3, -0.25) is 9.48 Å². The highest BCUT2D eigenvalue weighted by Crippen LogP contribution is 2.36. The van der Waals surface area contributed by atoms with Gasteiger partial charge in [0.05, 0.1) is 29.5 Å². The molecule has 0 aromatic carbocycles. The minimum Gasteiger partial charge on any atom is -0.412 e. The number of H-pyrrole nitrogens is 1. The largest absolute Gasteiger partial charge is 0.573 e. The van der Waals surface area contributed by atoms with Crippen LogP contribution in [0.3, 0.4) is 0 Å². The maximum absolute atomic E-state index is 13.5. The first-order valence-electron chi connectivity index (χ1n) is 10.7. The zero-order valence-electron chi connectivity index (χ0n) is 18.5. The van der Waals surface area contributed by atoms with Crippen LogP contribution in [0.2, 0.25) is 0 Å². The maximum atomic E-state index is 13.5. The summed E-state index contributed by atoms with van der Waals surface area (Å²) < 4.78 is 51.4. The van der Waals surface area contributed by atoms with Crippen molar-refractivity contribution in [3.63, 3.8) is 0 Å². The van der Waals surface area contributed by atoms with E-state index < -0.39 is 24.1 Å². The zero-order chi connectivity index (χ0) is 25.0. The molecule has 1 N–H and O–H groups in total. The SMILES string of the molecule is Cn1cc(-c2nnc(C(=O)N3CCc4[nH]cnc4C3c3cc4c(OC(F)(F)F)cccn4n3)o2)cn1. The second-order valence-corrected chi connectivity index (χ2v) is 8.05. The molecule has 1 amide bonds. The lowest BCUT2D eigenvalue weighted by Gasteiger charge is -2.32. The molecular formula is C21H16F3N9O3. The molecule has 1 aliphatic heterocycles. The van der Waals surface area contributed by atoms with Crippen LogP contribution in [0.4, 0.5) is 13.2 Å². The zero-order valence-corrected chi connectivity index (χ0v) is 18.5. The van der Waals surface area contributed by atoms with Gasteiger partial charge in [0.2, 0.25) is 0 Å². The van der Waals surface area contributed by atoms with E-state index in [1.165, 1.54) is 46.3 Å². The van der Waals surface area contributed by atoms with E-state index in [0.717, 1.165) is 5.69 Å². The summed E-state index contributed by atoms with van der Waals surface area (Å²) in [5.41, 5.74) is 2.22. The number of nitrogens with zero attached hydrogens (tertiary/aromatic N) is 8. The van der Waals surface area contributed by atoms with Crippen molar-refractivity contribution in [2.24, 2.45) is 7.05 Å². The number of halogens is 3. The van der Waals surface area contributed by atoms with Crippen LogP contribution in [0.5, 0.6) is 5.75 Å². The first kappa shape index (κ1) is 21.8. The Hall–Kier alpha value is -4.69. The number of imidazole rings is 1. The molecule has 184 valence electrons. The van der Waals surface area contributed by atoms with E-state index in [1.807, 2.05) is 0 Å². The topological polar surface area (TPSA) is 132 Å². The predicted molar refractivity (Wildman–Crippen MR) is 114 cm³/mol. The normalized spacial score (nSPS) is 15.9. The van der Waals surface area contributed by atoms with Crippen LogP contribution < -0.4 is 4.74 Å². The molecule has 0 radical (unpaired) electrons. The van der Waals surface area contributed by atoms with E-state index >= 15 is 0 Å². The van der Waals surface area contributed by atoms with Crippen molar-refractivity contribution in [1.82, 2.24) is 44.5 Å². The van der Waals surface area contributed by atoms with Gasteiger partial charge < -0.3 is 19.0 Å². The average molecular weight is 499 g/mol. The number of fused-ring (bicyclic) bond motifs is 2. The number of hydrogen-bond donors (Lipinski definition) is 1. The number of rotatable bonds is 4. The lowest BCUT2D eigenvalue weighted by atomic mass is 9.99. The predicted octanol–water partition coefficient (Wildman–Crippen LogP) is 2.53. The summed E-state index contributed by atoms with van der Waals surface area (Å²) in [6.07, 6.45) is 1.76. The highest BCUT2D eigenvalue weighted by atomic mass is 19.4. The van der Waals surface area contributed by atoms with Gasteiger partial charge in [-0.25, -0.2) is 9.50 Å². The first-order valence-corrected chi connectivity index (χ1v) is 10.7. The smallest absolute Gasteiger partial charge is 0.412 e. The number of aryl methyl sites for hydroxylation is 1. The fourth-order valence-electron chi connectivity index (χ4n) is 4.23. The van der Waals surface area contributed by atoms with Crippen molar-refractivity contribution in [3.8, 4) is 17.2 Å². The Labute approximate surface area is 199 Å². The quantitative estimate of drug-likeness (QED) is 0.399. The fraction of sp³-hybridized carbons (Fsp3) is 0.238. The number of nitrogens with one attached hydrogen (secondary N) is 1. The summed E-state index contributed by atoms with van der Waals surface area (Å²) >= 11 is 0. The summed E-state index contributed by atoms with van der Waals surface area (Å²) in [6.45, 7) is 0.253. The molecule has 0 saturated carbocycles. The molecular weight excluding hydrogens is 483 g/mol. The van der Waals surface area contributed by atoms with Gasteiger partial charge in [-0.1, -0.05) is 0 Å². The van der Waals surface area contributed by atoms with Gasteiger partial charge in [0.1, 0.15) is 11.6 Å². The molecule has 0 bridgehead atoms. The maximum Gasteiger partial charge on any atom is 0.573 e. The number of pyridine rings is 1. The summed E-state index contributed by atoms with van der Waals surface area (Å²) in [4.78, 5) is 22.4. The van der Waals surface area contributed by atoms with Crippen LogP contribution in [-0.2, 0) is 13.5 Å². The lowest BCUT2D eigenvalue weighted by molar-refractivity contribution is -0.274. The summed E-state index contributed by atoms with van der Waals surface area (Å²) in [7, 11) is 1.73. The minimum absolute atomic E-state index is 0.0801. The average Bonchev–Trinajstić information content (AvgIpc) is 3.62. The van der Waals surface area contributed by atoms with Crippen molar-refractivity contribution >= 4 is 11.4 Å². The van der Waals surface area contributed by atoms with E-state index in [4.69, 9.17) is 4.42 Å². The lowest BCUT2D eigenvalue weighted by Crippen LogP contribution is -2.41. The Morgan fingerprint density at radius 3 is 2.94 bits per heavy atom. The van der Waals surface area contributed by atoms with E-state index in [2.05, 4.69) is 35.1 Å².